The molecule has 3 atom stereocenters. The van der Waals surface area contributed by atoms with E-state index in [9.17, 15) is 4.57 Å². The molecule has 4 nitrogen and oxygen atoms in total. The zero-order valence-corrected chi connectivity index (χ0v) is 15.0. The number of phosphoric acid groups is 1. The van der Waals surface area contributed by atoms with E-state index in [-0.39, 0.29) is 0 Å². The molecular formula is C9H9Cl6O4P. The summed E-state index contributed by atoms with van der Waals surface area (Å²) in [6.07, 6.45) is 3.55. The van der Waals surface area contributed by atoms with E-state index in [1.165, 1.54) is 18.2 Å². The summed E-state index contributed by atoms with van der Waals surface area (Å²) in [6.45, 7) is 0. The fourth-order valence-corrected chi connectivity index (χ4v) is 3.54. The van der Waals surface area contributed by atoms with Gasteiger partial charge in [0.25, 0.3) is 0 Å². The number of hydrogen-bond acceptors (Lipinski definition) is 4. The van der Waals surface area contributed by atoms with Crippen LogP contribution in [0.5, 0.6) is 0 Å². The van der Waals surface area contributed by atoms with Gasteiger partial charge in [-0.05, 0) is 18.2 Å². The molecule has 0 heterocycles. The highest BCUT2D eigenvalue weighted by molar-refractivity contribution is 7.48. The summed E-state index contributed by atoms with van der Waals surface area (Å²) in [6, 6.07) is 0. The predicted molar refractivity (Wildman–Crippen MR) is 84.8 cm³/mol. The molecule has 0 saturated carbocycles. The number of phosphoric ester groups is 1. The van der Waals surface area contributed by atoms with Gasteiger partial charge in [0.05, 0.1) is 0 Å². The molecule has 0 rings (SSSR count). The van der Waals surface area contributed by atoms with E-state index in [2.05, 4.69) is 0 Å². The lowest BCUT2D eigenvalue weighted by Gasteiger charge is -2.21. The summed E-state index contributed by atoms with van der Waals surface area (Å²) in [4.78, 5) is 0. The Morgan fingerprint density at radius 1 is 0.700 bits per heavy atom. The van der Waals surface area contributed by atoms with Gasteiger partial charge in [0, 0.05) is 16.6 Å². The molecule has 0 aliphatic carbocycles. The molecule has 0 aromatic rings. The van der Waals surface area contributed by atoms with Crippen LogP contribution in [0, 0.1) is 0 Å². The quantitative estimate of drug-likeness (QED) is 0.331. The lowest BCUT2D eigenvalue weighted by atomic mass is 10.7. The van der Waals surface area contributed by atoms with Crippen LogP contribution in [0.15, 0.2) is 34.8 Å². The molecular weight excluding hydrogens is 416 g/mol. The smallest absolute Gasteiger partial charge is 0.263 e. The van der Waals surface area contributed by atoms with Crippen molar-refractivity contribution in [2.75, 3.05) is 0 Å². The molecule has 11 heteroatoms. The molecule has 20 heavy (non-hydrogen) atoms. The lowest BCUT2D eigenvalue weighted by molar-refractivity contribution is 0.114. The van der Waals surface area contributed by atoms with Crippen molar-refractivity contribution < 1.29 is 18.1 Å². The van der Waals surface area contributed by atoms with Gasteiger partial charge in [0.1, 0.15) is 0 Å². The first-order chi connectivity index (χ1) is 9.36. The second-order valence-corrected chi connectivity index (χ2v) is 6.35. The van der Waals surface area contributed by atoms with Gasteiger partial charge in [-0.3, -0.25) is 13.6 Å². The van der Waals surface area contributed by atoms with Crippen molar-refractivity contribution in [3.05, 3.63) is 34.8 Å². The standard InChI is InChI=1S/C9H9Cl6O4P/c10-4-1-7(13)17-20(16,18-8(14)2-5-11)19-9(15)3-6-12/h1-9H. The molecule has 0 aliphatic heterocycles. The number of hydrogen-bond donors (Lipinski definition) is 0. The van der Waals surface area contributed by atoms with Crippen molar-refractivity contribution in [2.45, 2.75) is 16.7 Å². The van der Waals surface area contributed by atoms with Gasteiger partial charge in [-0.2, -0.15) is 0 Å². The zero-order valence-electron chi connectivity index (χ0n) is 9.54. The van der Waals surface area contributed by atoms with Gasteiger partial charge < -0.3 is 0 Å². The van der Waals surface area contributed by atoms with Crippen LogP contribution >= 0.6 is 77.4 Å². The fraction of sp³-hybridized carbons (Fsp3) is 0.333. The fourth-order valence-electron chi connectivity index (χ4n) is 0.722. The first kappa shape index (κ1) is 21.1. The van der Waals surface area contributed by atoms with E-state index in [4.69, 9.17) is 83.2 Å². The monoisotopic (exact) mass is 422 g/mol. The SMILES string of the molecule is O=P(OC(Cl)C=CCl)(OC(Cl)C=CCl)OC(Cl)C=CCl. The maximum atomic E-state index is 12.3. The highest BCUT2D eigenvalue weighted by Crippen LogP contribution is 2.54. The number of alkyl halides is 3. The Balaban J connectivity index is 4.96. The molecule has 0 fully saturated rings. The maximum Gasteiger partial charge on any atom is 0.480 e. The Labute approximate surface area is 146 Å². The molecule has 0 spiro atoms. The van der Waals surface area contributed by atoms with Gasteiger partial charge in [-0.15, -0.1) is 0 Å². The summed E-state index contributed by atoms with van der Waals surface area (Å²) in [5.74, 6) is 0. The van der Waals surface area contributed by atoms with Crippen LogP contribution in [-0.2, 0) is 18.1 Å². The van der Waals surface area contributed by atoms with Gasteiger partial charge in [-0.1, -0.05) is 69.6 Å². The highest BCUT2D eigenvalue weighted by atomic mass is 35.5. The van der Waals surface area contributed by atoms with Crippen LogP contribution in [0.2, 0.25) is 0 Å². The molecule has 0 amide bonds. The van der Waals surface area contributed by atoms with Crippen molar-refractivity contribution in [2.24, 2.45) is 0 Å². The summed E-state index contributed by atoms with van der Waals surface area (Å²) in [5.41, 5.74) is -0.371. The third-order valence-corrected chi connectivity index (χ3v) is 4.33. The minimum absolute atomic E-state index is 1.07. The van der Waals surface area contributed by atoms with Gasteiger partial charge in [-0.25, -0.2) is 4.57 Å². The first-order valence-electron chi connectivity index (χ1n) is 4.75. The molecule has 0 aromatic heterocycles. The van der Waals surface area contributed by atoms with Gasteiger partial charge in [0.2, 0.25) is 0 Å². The van der Waals surface area contributed by atoms with Crippen LogP contribution in [0.25, 0.3) is 0 Å². The minimum atomic E-state index is -4.20. The largest absolute Gasteiger partial charge is 0.480 e. The van der Waals surface area contributed by atoms with Crippen LogP contribution in [0.4, 0.5) is 0 Å². The van der Waals surface area contributed by atoms with Crippen molar-refractivity contribution in [1.29, 1.82) is 0 Å². The first-order valence-corrected chi connectivity index (χ1v) is 8.83. The molecule has 0 aromatic carbocycles. The Morgan fingerprint density at radius 2 is 0.950 bits per heavy atom. The van der Waals surface area contributed by atoms with E-state index in [0.717, 1.165) is 16.6 Å². The molecule has 3 unspecified atom stereocenters. The van der Waals surface area contributed by atoms with Crippen LogP contribution in [0.1, 0.15) is 0 Å². The second kappa shape index (κ2) is 11.6. The van der Waals surface area contributed by atoms with E-state index >= 15 is 0 Å². The van der Waals surface area contributed by atoms with Gasteiger partial charge >= 0.3 is 7.82 Å². The lowest BCUT2D eigenvalue weighted by Crippen LogP contribution is -2.11. The zero-order chi connectivity index (χ0) is 15.6. The van der Waals surface area contributed by atoms with E-state index in [1.807, 2.05) is 0 Å². The minimum Gasteiger partial charge on any atom is -0.263 e. The third kappa shape index (κ3) is 9.91. The maximum absolute atomic E-state index is 12.3. The molecule has 0 N–H and O–H groups in total. The van der Waals surface area contributed by atoms with Gasteiger partial charge in [0.15, 0.2) is 16.7 Å². The molecule has 0 bridgehead atoms. The van der Waals surface area contributed by atoms with Crippen LogP contribution < -0.4 is 0 Å². The van der Waals surface area contributed by atoms with Crippen molar-refractivity contribution in [3.63, 3.8) is 0 Å². The third-order valence-electron chi connectivity index (χ3n) is 1.36. The average Bonchev–Trinajstić information content (AvgIpc) is 2.28. The highest BCUT2D eigenvalue weighted by Gasteiger charge is 2.34. The molecule has 0 radical (unpaired) electrons. The van der Waals surface area contributed by atoms with E-state index < -0.39 is 24.5 Å². The van der Waals surface area contributed by atoms with E-state index in [1.54, 1.807) is 0 Å². The Kier molecular flexibility index (Phi) is 12.2. The van der Waals surface area contributed by atoms with Crippen molar-refractivity contribution >= 4 is 77.4 Å². The topological polar surface area (TPSA) is 44.8 Å². The summed E-state index contributed by atoms with van der Waals surface area (Å²) >= 11 is 33.0. The summed E-state index contributed by atoms with van der Waals surface area (Å²) < 4.78 is 27.0. The Morgan fingerprint density at radius 3 is 1.15 bits per heavy atom. The predicted octanol–water partition coefficient (Wildman–Crippen LogP) is 6.10. The Bertz CT molecular complexity index is 345. The summed E-state index contributed by atoms with van der Waals surface area (Å²) in [5, 5.41) is 0. The molecule has 0 aliphatic rings. The second-order valence-electron chi connectivity index (χ2n) is 2.77. The normalized spacial score (nSPS) is 20.5. The number of halogens is 6. The van der Waals surface area contributed by atoms with Crippen molar-refractivity contribution in [3.8, 4) is 0 Å². The molecule has 116 valence electrons. The van der Waals surface area contributed by atoms with E-state index in [0.29, 0.717) is 0 Å². The summed E-state index contributed by atoms with van der Waals surface area (Å²) in [7, 11) is -4.20. The average molecular weight is 425 g/mol. The van der Waals surface area contributed by atoms with Crippen molar-refractivity contribution in [1.82, 2.24) is 0 Å². The van der Waals surface area contributed by atoms with Crippen LogP contribution in [0.3, 0.4) is 0 Å². The molecule has 0 saturated heterocycles. The number of rotatable bonds is 9. The van der Waals surface area contributed by atoms with Crippen LogP contribution in [-0.4, -0.2) is 16.7 Å². The Hall–Kier alpha value is 1.07.